The SMILES string of the molecule is O=[N+]([O-])c1c(NCc2ccc3c(c2)OCO3)ncnc1-n1ccnc1. The van der Waals surface area contributed by atoms with Crippen LogP contribution < -0.4 is 14.8 Å². The summed E-state index contributed by atoms with van der Waals surface area (Å²) in [5, 5.41) is 14.5. The van der Waals surface area contributed by atoms with Crippen LogP contribution in [0.4, 0.5) is 11.5 Å². The van der Waals surface area contributed by atoms with Gasteiger partial charge < -0.3 is 14.8 Å². The molecule has 0 unspecified atom stereocenters. The molecule has 0 saturated heterocycles. The molecular formula is C15H12N6O4. The van der Waals surface area contributed by atoms with Crippen molar-refractivity contribution in [1.29, 1.82) is 0 Å². The van der Waals surface area contributed by atoms with Gasteiger partial charge in [0.05, 0.1) is 4.92 Å². The number of nitro groups is 1. The molecule has 0 amide bonds. The molecule has 2 aromatic heterocycles. The second kappa shape index (κ2) is 6.07. The molecule has 0 fully saturated rings. The van der Waals surface area contributed by atoms with E-state index in [9.17, 15) is 10.1 Å². The number of aromatic nitrogens is 4. The molecule has 0 aliphatic carbocycles. The maximum Gasteiger partial charge on any atom is 0.354 e. The number of fused-ring (bicyclic) bond motifs is 1. The Morgan fingerprint density at radius 1 is 1.28 bits per heavy atom. The predicted octanol–water partition coefficient (Wildman–Crippen LogP) is 1.91. The minimum Gasteiger partial charge on any atom is -0.454 e. The zero-order valence-electron chi connectivity index (χ0n) is 12.8. The maximum atomic E-state index is 11.5. The quantitative estimate of drug-likeness (QED) is 0.553. The van der Waals surface area contributed by atoms with Crippen LogP contribution in [0.3, 0.4) is 0 Å². The lowest BCUT2D eigenvalue weighted by atomic mass is 10.2. The summed E-state index contributed by atoms with van der Waals surface area (Å²) in [6, 6.07) is 5.47. The van der Waals surface area contributed by atoms with Crippen molar-refractivity contribution in [2.24, 2.45) is 0 Å². The van der Waals surface area contributed by atoms with Crippen LogP contribution in [-0.2, 0) is 6.54 Å². The molecule has 1 aliphatic heterocycles. The van der Waals surface area contributed by atoms with Crippen molar-refractivity contribution < 1.29 is 14.4 Å². The topological polar surface area (TPSA) is 117 Å². The van der Waals surface area contributed by atoms with Gasteiger partial charge in [-0.1, -0.05) is 6.07 Å². The Morgan fingerprint density at radius 2 is 2.16 bits per heavy atom. The van der Waals surface area contributed by atoms with Crippen LogP contribution in [0.5, 0.6) is 11.5 Å². The molecule has 1 N–H and O–H groups in total. The summed E-state index contributed by atoms with van der Waals surface area (Å²) >= 11 is 0. The number of imidazole rings is 1. The van der Waals surface area contributed by atoms with Crippen LogP contribution in [0.15, 0.2) is 43.2 Å². The van der Waals surface area contributed by atoms with Gasteiger partial charge in [0, 0.05) is 18.9 Å². The summed E-state index contributed by atoms with van der Waals surface area (Å²) in [7, 11) is 0. The Balaban J connectivity index is 1.62. The van der Waals surface area contributed by atoms with E-state index in [-0.39, 0.29) is 24.1 Å². The Hall–Kier alpha value is -3.69. The molecule has 126 valence electrons. The molecule has 0 spiro atoms. The van der Waals surface area contributed by atoms with Gasteiger partial charge >= 0.3 is 5.69 Å². The lowest BCUT2D eigenvalue weighted by Gasteiger charge is -2.09. The highest BCUT2D eigenvalue weighted by atomic mass is 16.7. The van der Waals surface area contributed by atoms with E-state index < -0.39 is 4.92 Å². The molecule has 0 radical (unpaired) electrons. The standard InChI is InChI=1S/C15H12N6O4/c22-21(23)13-14(18-7-19-15(13)20-4-3-16-8-20)17-6-10-1-2-11-12(5-10)25-9-24-11/h1-5,7-8H,6,9H2,(H,17,18,19). The van der Waals surface area contributed by atoms with Crippen molar-refractivity contribution >= 4 is 11.5 Å². The Bertz CT molecular complexity index is 928. The number of nitrogens with zero attached hydrogens (tertiary/aromatic N) is 5. The first-order valence-electron chi connectivity index (χ1n) is 7.32. The van der Waals surface area contributed by atoms with E-state index in [4.69, 9.17) is 9.47 Å². The molecule has 1 aliphatic rings. The van der Waals surface area contributed by atoms with Crippen molar-refractivity contribution in [3.8, 4) is 17.3 Å². The van der Waals surface area contributed by atoms with Crippen LogP contribution in [0.2, 0.25) is 0 Å². The Kier molecular flexibility index (Phi) is 3.61. The molecule has 0 bridgehead atoms. The summed E-state index contributed by atoms with van der Waals surface area (Å²) in [6.45, 7) is 0.524. The fourth-order valence-electron chi connectivity index (χ4n) is 2.48. The van der Waals surface area contributed by atoms with Gasteiger partial charge in [-0.05, 0) is 17.7 Å². The van der Waals surface area contributed by atoms with Crippen molar-refractivity contribution in [1.82, 2.24) is 19.5 Å². The van der Waals surface area contributed by atoms with Gasteiger partial charge in [0.15, 0.2) is 11.5 Å². The van der Waals surface area contributed by atoms with E-state index in [1.165, 1.54) is 23.4 Å². The largest absolute Gasteiger partial charge is 0.454 e. The fraction of sp³-hybridized carbons (Fsp3) is 0.133. The first-order chi connectivity index (χ1) is 12.2. The van der Waals surface area contributed by atoms with E-state index in [2.05, 4.69) is 20.3 Å². The van der Waals surface area contributed by atoms with E-state index >= 15 is 0 Å². The number of ether oxygens (including phenoxy) is 2. The third kappa shape index (κ3) is 2.80. The van der Waals surface area contributed by atoms with Gasteiger partial charge in [-0.3, -0.25) is 14.7 Å². The molecule has 0 saturated carbocycles. The second-order valence-electron chi connectivity index (χ2n) is 5.16. The molecule has 0 atom stereocenters. The predicted molar refractivity (Wildman–Crippen MR) is 85.7 cm³/mol. The van der Waals surface area contributed by atoms with Crippen LogP contribution >= 0.6 is 0 Å². The average molecular weight is 340 g/mol. The molecule has 3 aromatic rings. The minimum absolute atomic E-state index is 0.126. The zero-order valence-corrected chi connectivity index (χ0v) is 12.8. The van der Waals surface area contributed by atoms with Crippen molar-refractivity contribution in [2.45, 2.75) is 6.54 Å². The first kappa shape index (κ1) is 14.9. The third-order valence-electron chi connectivity index (χ3n) is 3.63. The zero-order chi connectivity index (χ0) is 17.2. The van der Waals surface area contributed by atoms with Crippen molar-refractivity contribution in [3.63, 3.8) is 0 Å². The van der Waals surface area contributed by atoms with E-state index in [0.29, 0.717) is 18.0 Å². The fourth-order valence-corrected chi connectivity index (χ4v) is 2.48. The summed E-state index contributed by atoms with van der Waals surface area (Å²) < 4.78 is 12.1. The van der Waals surface area contributed by atoms with E-state index in [1.54, 1.807) is 12.3 Å². The summed E-state index contributed by atoms with van der Waals surface area (Å²) in [5.41, 5.74) is 0.655. The highest BCUT2D eigenvalue weighted by molar-refractivity contribution is 5.64. The third-order valence-corrected chi connectivity index (χ3v) is 3.63. The van der Waals surface area contributed by atoms with Crippen molar-refractivity contribution in [2.75, 3.05) is 12.1 Å². The molecular weight excluding hydrogens is 328 g/mol. The second-order valence-corrected chi connectivity index (χ2v) is 5.16. The van der Waals surface area contributed by atoms with Crippen LogP contribution in [0.25, 0.3) is 5.82 Å². The van der Waals surface area contributed by atoms with E-state index in [0.717, 1.165) is 5.56 Å². The Labute approximate surface area is 141 Å². The van der Waals surface area contributed by atoms with E-state index in [1.807, 2.05) is 12.1 Å². The normalized spacial score (nSPS) is 12.2. The number of anilines is 1. The number of hydrogen-bond donors (Lipinski definition) is 1. The van der Waals surface area contributed by atoms with Crippen LogP contribution in [0, 0.1) is 10.1 Å². The molecule has 4 rings (SSSR count). The van der Waals surface area contributed by atoms with Gasteiger partial charge in [-0.2, -0.15) is 0 Å². The lowest BCUT2D eigenvalue weighted by molar-refractivity contribution is -0.384. The number of nitrogens with one attached hydrogen (secondary N) is 1. The summed E-state index contributed by atoms with van der Waals surface area (Å²) in [6.07, 6.45) is 5.81. The Morgan fingerprint density at radius 3 is 2.96 bits per heavy atom. The van der Waals surface area contributed by atoms with Crippen molar-refractivity contribution in [3.05, 3.63) is 58.9 Å². The van der Waals surface area contributed by atoms with Gasteiger partial charge in [-0.25, -0.2) is 15.0 Å². The molecule has 25 heavy (non-hydrogen) atoms. The van der Waals surface area contributed by atoms with Crippen LogP contribution in [-0.4, -0.2) is 31.2 Å². The van der Waals surface area contributed by atoms with Gasteiger partial charge in [0.2, 0.25) is 18.4 Å². The number of benzene rings is 1. The first-order valence-corrected chi connectivity index (χ1v) is 7.32. The minimum atomic E-state index is -0.517. The maximum absolute atomic E-state index is 11.5. The average Bonchev–Trinajstić information content (AvgIpc) is 3.30. The highest BCUT2D eigenvalue weighted by Gasteiger charge is 2.24. The molecule has 1 aromatic carbocycles. The highest BCUT2D eigenvalue weighted by Crippen LogP contribution is 2.33. The van der Waals surface area contributed by atoms with Gasteiger partial charge in [0.25, 0.3) is 0 Å². The van der Waals surface area contributed by atoms with Gasteiger partial charge in [-0.15, -0.1) is 0 Å². The van der Waals surface area contributed by atoms with Gasteiger partial charge in [0.1, 0.15) is 12.7 Å². The number of hydrogen-bond acceptors (Lipinski definition) is 8. The smallest absolute Gasteiger partial charge is 0.354 e. The molecule has 3 heterocycles. The monoisotopic (exact) mass is 340 g/mol. The lowest BCUT2D eigenvalue weighted by Crippen LogP contribution is -2.09. The summed E-state index contributed by atoms with van der Waals surface area (Å²) in [4.78, 5) is 22.9. The van der Waals surface area contributed by atoms with Crippen LogP contribution in [0.1, 0.15) is 5.56 Å². The number of rotatable bonds is 5. The summed E-state index contributed by atoms with van der Waals surface area (Å²) in [5.74, 6) is 1.60. The molecule has 10 nitrogen and oxygen atoms in total. The molecule has 10 heteroatoms.